The molecule has 132 valence electrons. The zero-order valence-corrected chi connectivity index (χ0v) is 13.6. The molecular weight excluding hydrogens is 345 g/mol. The van der Waals surface area contributed by atoms with Crippen LogP contribution in [0.3, 0.4) is 0 Å². The Balaban J connectivity index is 1.62. The van der Waals surface area contributed by atoms with Crippen molar-refractivity contribution in [1.29, 1.82) is 0 Å². The summed E-state index contributed by atoms with van der Waals surface area (Å²) in [6.07, 6.45) is -3.82. The molecule has 0 radical (unpaired) electrons. The molecule has 0 aliphatic carbocycles. The highest BCUT2D eigenvalue weighted by atomic mass is 32.1. The minimum atomic E-state index is -4.57. The van der Waals surface area contributed by atoms with E-state index in [1.807, 2.05) is 11.4 Å². The predicted octanol–water partition coefficient (Wildman–Crippen LogP) is 1.83. The molecule has 1 aromatic heterocycles. The maximum atomic E-state index is 13.0. The number of halogens is 3. The molecular formula is C15H17F3N2O3S. The smallest absolute Gasteiger partial charge is 0.393 e. The Morgan fingerprint density at radius 3 is 2.71 bits per heavy atom. The molecule has 5 nitrogen and oxygen atoms in total. The Morgan fingerprint density at radius 2 is 2.08 bits per heavy atom. The maximum Gasteiger partial charge on any atom is 0.393 e. The Morgan fingerprint density at radius 1 is 1.33 bits per heavy atom. The van der Waals surface area contributed by atoms with E-state index in [0.29, 0.717) is 13.1 Å². The molecule has 0 aromatic carbocycles. The van der Waals surface area contributed by atoms with E-state index in [0.717, 1.165) is 12.0 Å². The molecule has 2 atom stereocenters. The third kappa shape index (κ3) is 3.41. The minimum Gasteiger partial charge on any atom is -0.481 e. The van der Waals surface area contributed by atoms with Crippen LogP contribution in [0.5, 0.6) is 0 Å². The molecule has 0 bridgehead atoms. The van der Waals surface area contributed by atoms with Crippen molar-refractivity contribution < 1.29 is 27.9 Å². The average Bonchev–Trinajstić information content (AvgIpc) is 3.11. The Kier molecular flexibility index (Phi) is 4.56. The second-order valence-electron chi connectivity index (χ2n) is 6.22. The molecule has 2 aliphatic heterocycles. The van der Waals surface area contributed by atoms with Gasteiger partial charge >= 0.3 is 12.1 Å². The lowest BCUT2D eigenvalue weighted by Gasteiger charge is -2.29. The normalized spacial score (nSPS) is 24.9. The Hall–Kier alpha value is -1.61. The highest BCUT2D eigenvalue weighted by molar-refractivity contribution is 7.10. The van der Waals surface area contributed by atoms with Gasteiger partial charge in [0.2, 0.25) is 5.91 Å². The van der Waals surface area contributed by atoms with E-state index >= 15 is 0 Å². The molecule has 3 heterocycles. The first-order chi connectivity index (χ1) is 11.3. The van der Waals surface area contributed by atoms with Gasteiger partial charge < -0.3 is 10.0 Å². The molecule has 1 amide bonds. The van der Waals surface area contributed by atoms with Gasteiger partial charge in [0.15, 0.2) is 0 Å². The standard InChI is InChI=1S/C15H17F3N2O3S/c16-15(17,18)11-7-19(6-10(11)14(22)23)8-13(21)20-3-1-12-9(5-20)2-4-24-12/h2,4,10-11H,1,3,5-8H2,(H,22,23)/t10-,11-/m1/s1. The zero-order valence-electron chi connectivity index (χ0n) is 12.8. The summed E-state index contributed by atoms with van der Waals surface area (Å²) < 4.78 is 38.9. The second-order valence-corrected chi connectivity index (χ2v) is 7.22. The van der Waals surface area contributed by atoms with Crippen LogP contribution in [0.2, 0.25) is 0 Å². The lowest BCUT2D eigenvalue weighted by Crippen LogP contribution is -2.42. The lowest BCUT2D eigenvalue weighted by atomic mass is 9.96. The van der Waals surface area contributed by atoms with E-state index < -0.39 is 30.5 Å². The van der Waals surface area contributed by atoms with Gasteiger partial charge in [0.25, 0.3) is 0 Å². The summed E-state index contributed by atoms with van der Waals surface area (Å²) in [6.45, 7) is 0.157. The summed E-state index contributed by atoms with van der Waals surface area (Å²) >= 11 is 1.64. The van der Waals surface area contributed by atoms with E-state index in [4.69, 9.17) is 5.11 Å². The van der Waals surface area contributed by atoms with Crippen LogP contribution < -0.4 is 0 Å². The lowest BCUT2D eigenvalue weighted by molar-refractivity contribution is -0.188. The molecule has 1 fully saturated rings. The first-order valence-corrected chi connectivity index (χ1v) is 8.48. The van der Waals surface area contributed by atoms with Crippen molar-refractivity contribution in [2.75, 3.05) is 26.2 Å². The molecule has 1 saturated heterocycles. The maximum absolute atomic E-state index is 13.0. The quantitative estimate of drug-likeness (QED) is 0.891. The molecule has 3 rings (SSSR count). The number of nitrogens with zero attached hydrogens (tertiary/aromatic N) is 2. The minimum absolute atomic E-state index is 0.171. The molecule has 9 heteroatoms. The number of carbonyl (C=O) groups is 2. The molecule has 24 heavy (non-hydrogen) atoms. The fraction of sp³-hybridized carbons (Fsp3) is 0.600. The summed E-state index contributed by atoms with van der Waals surface area (Å²) in [6, 6.07) is 1.95. The number of amides is 1. The van der Waals surface area contributed by atoms with Gasteiger partial charge in [0, 0.05) is 31.1 Å². The van der Waals surface area contributed by atoms with Crippen LogP contribution in [-0.4, -0.2) is 59.1 Å². The number of alkyl halides is 3. The van der Waals surface area contributed by atoms with Crippen LogP contribution in [0.1, 0.15) is 10.4 Å². The van der Waals surface area contributed by atoms with Crippen molar-refractivity contribution in [2.45, 2.75) is 19.1 Å². The summed E-state index contributed by atoms with van der Waals surface area (Å²) in [5.41, 5.74) is 1.08. The number of fused-ring (bicyclic) bond motifs is 1. The van der Waals surface area contributed by atoms with Crippen molar-refractivity contribution in [1.82, 2.24) is 9.80 Å². The van der Waals surface area contributed by atoms with E-state index in [-0.39, 0.29) is 19.0 Å². The van der Waals surface area contributed by atoms with Crippen LogP contribution in [0.25, 0.3) is 0 Å². The summed E-state index contributed by atoms with van der Waals surface area (Å²) in [5.74, 6) is -5.15. The van der Waals surface area contributed by atoms with Crippen molar-refractivity contribution in [3.63, 3.8) is 0 Å². The highest BCUT2D eigenvalue weighted by Gasteiger charge is 2.52. The first kappa shape index (κ1) is 17.2. The van der Waals surface area contributed by atoms with Crippen molar-refractivity contribution in [3.05, 3.63) is 21.9 Å². The van der Waals surface area contributed by atoms with Gasteiger partial charge in [-0.3, -0.25) is 14.5 Å². The third-order valence-corrected chi connectivity index (χ3v) is 5.68. The van der Waals surface area contributed by atoms with Gasteiger partial charge in [-0.05, 0) is 23.4 Å². The molecule has 0 saturated carbocycles. The molecule has 2 aliphatic rings. The number of carbonyl (C=O) groups excluding carboxylic acids is 1. The van der Waals surface area contributed by atoms with Crippen molar-refractivity contribution in [2.24, 2.45) is 11.8 Å². The number of thiophene rings is 1. The van der Waals surface area contributed by atoms with Crippen LogP contribution in [0.4, 0.5) is 13.2 Å². The van der Waals surface area contributed by atoms with Gasteiger partial charge in [-0.25, -0.2) is 0 Å². The fourth-order valence-corrected chi connectivity index (χ4v) is 4.24. The number of carboxylic acids is 1. The van der Waals surface area contributed by atoms with E-state index in [1.54, 1.807) is 16.2 Å². The highest BCUT2D eigenvalue weighted by Crippen LogP contribution is 2.37. The van der Waals surface area contributed by atoms with Crippen molar-refractivity contribution in [3.8, 4) is 0 Å². The number of aliphatic carboxylic acids is 1. The van der Waals surface area contributed by atoms with Gasteiger partial charge in [0.1, 0.15) is 0 Å². The fourth-order valence-electron chi connectivity index (χ4n) is 3.35. The number of hydrogen-bond donors (Lipinski definition) is 1. The summed E-state index contributed by atoms with van der Waals surface area (Å²) in [7, 11) is 0. The molecule has 0 spiro atoms. The number of hydrogen-bond acceptors (Lipinski definition) is 4. The van der Waals surface area contributed by atoms with Crippen molar-refractivity contribution >= 4 is 23.2 Å². The topological polar surface area (TPSA) is 60.9 Å². The van der Waals surface area contributed by atoms with Gasteiger partial charge in [-0.15, -0.1) is 11.3 Å². The van der Waals surface area contributed by atoms with Crippen LogP contribution >= 0.6 is 11.3 Å². The van der Waals surface area contributed by atoms with Crippen LogP contribution in [0, 0.1) is 11.8 Å². The van der Waals surface area contributed by atoms with Gasteiger partial charge in [-0.1, -0.05) is 0 Å². The largest absolute Gasteiger partial charge is 0.481 e. The van der Waals surface area contributed by atoms with E-state index in [1.165, 1.54) is 9.78 Å². The van der Waals surface area contributed by atoms with Gasteiger partial charge in [0.05, 0.1) is 18.4 Å². The molecule has 1 aromatic rings. The van der Waals surface area contributed by atoms with Crippen LogP contribution in [0.15, 0.2) is 11.4 Å². The number of likely N-dealkylation sites (tertiary alicyclic amines) is 1. The zero-order chi connectivity index (χ0) is 17.5. The van der Waals surface area contributed by atoms with E-state index in [2.05, 4.69) is 0 Å². The number of carboxylic acid groups (broad SMARTS) is 1. The summed E-state index contributed by atoms with van der Waals surface area (Å²) in [5, 5.41) is 11.0. The van der Waals surface area contributed by atoms with E-state index in [9.17, 15) is 22.8 Å². The Bertz CT molecular complexity index is 646. The number of rotatable bonds is 3. The van der Waals surface area contributed by atoms with Crippen LogP contribution in [-0.2, 0) is 22.6 Å². The Labute approximate surface area is 140 Å². The predicted molar refractivity (Wildman–Crippen MR) is 80.6 cm³/mol. The van der Waals surface area contributed by atoms with Gasteiger partial charge in [-0.2, -0.15) is 13.2 Å². The SMILES string of the molecule is O=C(O)[C@@H]1CN(CC(=O)N2CCc3sccc3C2)C[C@H]1C(F)(F)F. The second kappa shape index (κ2) is 6.36. The molecule has 1 N–H and O–H groups in total. The first-order valence-electron chi connectivity index (χ1n) is 7.60. The third-order valence-electron chi connectivity index (χ3n) is 4.65. The molecule has 0 unspecified atom stereocenters. The average molecular weight is 362 g/mol. The summed E-state index contributed by atoms with van der Waals surface area (Å²) in [4.78, 5) is 27.6. The monoisotopic (exact) mass is 362 g/mol.